The molecule has 1 aromatic carbocycles. The van der Waals surface area contributed by atoms with Crippen LogP contribution >= 0.6 is 11.3 Å². The first-order valence-corrected chi connectivity index (χ1v) is 9.34. The molecule has 26 heavy (non-hydrogen) atoms. The molecule has 6 nitrogen and oxygen atoms in total. The number of thiazole rings is 1. The molecule has 0 unspecified atom stereocenters. The third-order valence-electron chi connectivity index (χ3n) is 3.03. The van der Waals surface area contributed by atoms with E-state index in [0.717, 1.165) is 35.6 Å². The van der Waals surface area contributed by atoms with Crippen molar-refractivity contribution in [3.63, 3.8) is 0 Å². The zero-order valence-corrected chi connectivity index (χ0v) is 14.4. The van der Waals surface area contributed by atoms with Crippen LogP contribution in [0.2, 0.25) is 0 Å². The molecule has 0 atom stereocenters. The van der Waals surface area contributed by atoms with Crippen LogP contribution in [0.3, 0.4) is 0 Å². The van der Waals surface area contributed by atoms with Gasteiger partial charge in [-0.2, -0.15) is 0 Å². The van der Waals surface area contributed by atoms with Gasteiger partial charge in [0.25, 0.3) is 10.0 Å². The Morgan fingerprint density at radius 2 is 1.96 bits per heavy atom. The smallest absolute Gasteiger partial charge is 0.406 e. The van der Waals surface area contributed by atoms with Gasteiger partial charge in [-0.15, -0.1) is 24.5 Å². The van der Waals surface area contributed by atoms with Gasteiger partial charge < -0.3 is 4.74 Å². The van der Waals surface area contributed by atoms with Crippen molar-refractivity contribution in [1.29, 1.82) is 0 Å². The topological polar surface area (TPSA) is 81.2 Å². The number of nitrogens with zero attached hydrogens (tertiary/aromatic N) is 2. The Kier molecular flexibility index (Phi) is 4.83. The lowest BCUT2D eigenvalue weighted by Gasteiger charge is -2.10. The number of pyridine rings is 1. The number of rotatable bonds is 5. The lowest BCUT2D eigenvalue weighted by atomic mass is 10.2. The molecule has 0 aliphatic carbocycles. The van der Waals surface area contributed by atoms with Crippen molar-refractivity contribution in [1.82, 2.24) is 9.97 Å². The van der Waals surface area contributed by atoms with Crippen LogP contribution in [0.25, 0.3) is 11.3 Å². The predicted molar refractivity (Wildman–Crippen MR) is 89.3 cm³/mol. The van der Waals surface area contributed by atoms with Gasteiger partial charge in [-0.25, -0.2) is 13.4 Å². The van der Waals surface area contributed by atoms with Crippen LogP contribution in [-0.2, 0) is 10.0 Å². The van der Waals surface area contributed by atoms with Crippen LogP contribution in [-0.4, -0.2) is 24.7 Å². The van der Waals surface area contributed by atoms with E-state index >= 15 is 0 Å². The van der Waals surface area contributed by atoms with E-state index in [1.807, 2.05) is 0 Å². The van der Waals surface area contributed by atoms with E-state index in [1.165, 1.54) is 0 Å². The van der Waals surface area contributed by atoms with Crippen molar-refractivity contribution >= 4 is 26.5 Å². The van der Waals surface area contributed by atoms with Crippen LogP contribution < -0.4 is 9.46 Å². The molecular weight excluding hydrogens is 391 g/mol. The van der Waals surface area contributed by atoms with Crippen molar-refractivity contribution < 1.29 is 26.3 Å². The summed E-state index contributed by atoms with van der Waals surface area (Å²) in [6.45, 7) is 0. The number of anilines is 1. The number of alkyl halides is 3. The Morgan fingerprint density at radius 1 is 1.15 bits per heavy atom. The molecule has 0 bridgehead atoms. The Bertz CT molecular complexity index is 1010. The van der Waals surface area contributed by atoms with Crippen LogP contribution in [0.1, 0.15) is 0 Å². The fraction of sp³-hybridized carbons (Fsp3) is 0.0667. The second kappa shape index (κ2) is 6.92. The molecule has 1 N–H and O–H groups in total. The maximum absolute atomic E-state index is 12.4. The Morgan fingerprint density at radius 3 is 2.65 bits per heavy atom. The van der Waals surface area contributed by atoms with Gasteiger partial charge in [0.2, 0.25) is 0 Å². The van der Waals surface area contributed by atoms with Crippen LogP contribution in [0.5, 0.6) is 5.75 Å². The van der Waals surface area contributed by atoms with E-state index in [0.29, 0.717) is 11.3 Å². The molecule has 136 valence electrons. The molecule has 11 heteroatoms. The number of hydrogen-bond acceptors (Lipinski definition) is 6. The zero-order valence-electron chi connectivity index (χ0n) is 12.8. The average molecular weight is 401 g/mol. The fourth-order valence-electron chi connectivity index (χ4n) is 1.98. The molecular formula is C15H10F3N3O3S2. The summed E-state index contributed by atoms with van der Waals surface area (Å²) in [7, 11) is -4.13. The summed E-state index contributed by atoms with van der Waals surface area (Å²) in [5.74, 6) is -0.629. The summed E-state index contributed by atoms with van der Waals surface area (Å²) in [5, 5.41) is 1.71. The minimum absolute atomic E-state index is 0.0750. The van der Waals surface area contributed by atoms with Crippen molar-refractivity contribution in [2.75, 3.05) is 4.72 Å². The van der Waals surface area contributed by atoms with Gasteiger partial charge in [0.15, 0.2) is 5.13 Å². The third kappa shape index (κ3) is 4.49. The van der Waals surface area contributed by atoms with E-state index < -0.39 is 22.1 Å². The minimum Gasteiger partial charge on any atom is -0.406 e. The summed E-state index contributed by atoms with van der Waals surface area (Å²) in [5.41, 5.74) is 1.23. The van der Waals surface area contributed by atoms with E-state index in [1.54, 1.807) is 29.9 Å². The second-order valence-corrected chi connectivity index (χ2v) is 7.45. The van der Waals surface area contributed by atoms with Crippen LogP contribution in [0, 0.1) is 0 Å². The molecule has 2 aromatic heterocycles. The third-order valence-corrected chi connectivity index (χ3v) is 5.26. The first kappa shape index (κ1) is 18.1. The van der Waals surface area contributed by atoms with E-state index in [2.05, 4.69) is 19.4 Å². The molecule has 0 amide bonds. The van der Waals surface area contributed by atoms with Gasteiger partial charge in [-0.1, -0.05) is 6.07 Å². The Labute approximate surface area is 150 Å². The van der Waals surface area contributed by atoms with E-state index in [9.17, 15) is 21.6 Å². The SMILES string of the molecule is O=S(=O)(Nc1nc(-c2cccnc2)cs1)c1cccc(OC(F)(F)F)c1. The molecule has 0 aliphatic heterocycles. The molecule has 3 rings (SSSR count). The van der Waals surface area contributed by atoms with Gasteiger partial charge in [0.05, 0.1) is 10.6 Å². The molecule has 0 aliphatic rings. The van der Waals surface area contributed by atoms with Gasteiger partial charge in [0, 0.05) is 29.4 Å². The highest BCUT2D eigenvalue weighted by molar-refractivity contribution is 7.93. The standard InChI is InChI=1S/C15H10F3N3O3S2/c16-15(17,18)24-11-4-1-5-12(7-11)26(22,23)21-14-20-13(9-25-14)10-3-2-6-19-8-10/h1-9H,(H,20,21). The number of aromatic nitrogens is 2. The summed E-state index contributed by atoms with van der Waals surface area (Å²) in [6.07, 6.45) is -1.75. The zero-order chi connectivity index (χ0) is 18.8. The molecule has 0 spiro atoms. The summed E-state index contributed by atoms with van der Waals surface area (Å²) in [4.78, 5) is 7.72. The Balaban J connectivity index is 1.82. The molecule has 3 aromatic rings. The normalized spacial score (nSPS) is 12.0. The maximum atomic E-state index is 12.4. The van der Waals surface area contributed by atoms with Gasteiger partial charge in [-0.3, -0.25) is 9.71 Å². The largest absolute Gasteiger partial charge is 0.573 e. The predicted octanol–water partition coefficient (Wildman–Crippen LogP) is 3.90. The van der Waals surface area contributed by atoms with Crippen LogP contribution in [0.4, 0.5) is 18.3 Å². The summed E-state index contributed by atoms with van der Waals surface area (Å²) >= 11 is 1.04. The number of sulfonamides is 1. The van der Waals surface area contributed by atoms with Crippen molar-refractivity contribution in [3.8, 4) is 17.0 Å². The molecule has 2 heterocycles. The molecule has 0 saturated carbocycles. The van der Waals surface area contributed by atoms with Gasteiger partial charge >= 0.3 is 6.36 Å². The highest BCUT2D eigenvalue weighted by Crippen LogP contribution is 2.28. The molecule has 0 saturated heterocycles. The highest BCUT2D eigenvalue weighted by Gasteiger charge is 2.31. The second-order valence-electron chi connectivity index (χ2n) is 4.91. The maximum Gasteiger partial charge on any atom is 0.573 e. The Hall–Kier alpha value is -2.66. The number of hydrogen-bond donors (Lipinski definition) is 1. The van der Waals surface area contributed by atoms with Crippen molar-refractivity contribution in [2.45, 2.75) is 11.3 Å². The van der Waals surface area contributed by atoms with Crippen molar-refractivity contribution in [3.05, 3.63) is 54.2 Å². The monoisotopic (exact) mass is 401 g/mol. The summed E-state index contributed by atoms with van der Waals surface area (Å²) < 4.78 is 67.6. The highest BCUT2D eigenvalue weighted by atomic mass is 32.2. The number of halogens is 3. The number of ether oxygens (including phenoxy) is 1. The number of benzene rings is 1. The summed E-state index contributed by atoms with van der Waals surface area (Å²) in [6, 6.07) is 7.57. The van der Waals surface area contributed by atoms with Crippen LogP contribution in [0.15, 0.2) is 59.1 Å². The molecule has 0 radical (unpaired) electrons. The average Bonchev–Trinajstić information content (AvgIpc) is 3.02. The first-order valence-electron chi connectivity index (χ1n) is 6.97. The van der Waals surface area contributed by atoms with Crippen molar-refractivity contribution in [2.24, 2.45) is 0 Å². The molecule has 0 fully saturated rings. The minimum atomic E-state index is -4.91. The van der Waals surface area contributed by atoms with Gasteiger partial charge in [-0.05, 0) is 24.3 Å². The first-order chi connectivity index (χ1) is 12.2. The lowest BCUT2D eigenvalue weighted by molar-refractivity contribution is -0.274. The lowest BCUT2D eigenvalue weighted by Crippen LogP contribution is -2.18. The quantitative estimate of drug-likeness (QED) is 0.701. The van der Waals surface area contributed by atoms with Gasteiger partial charge in [0.1, 0.15) is 5.75 Å². The fourth-order valence-corrected chi connectivity index (χ4v) is 3.99. The van der Waals surface area contributed by atoms with E-state index in [4.69, 9.17) is 0 Å². The number of nitrogens with one attached hydrogen (secondary N) is 1. The van der Waals surface area contributed by atoms with E-state index in [-0.39, 0.29) is 10.0 Å².